The molecule has 2 rings (SSSR count). The summed E-state index contributed by atoms with van der Waals surface area (Å²) >= 11 is 0. The van der Waals surface area contributed by atoms with Crippen LogP contribution in [0, 0.1) is 11.7 Å². The van der Waals surface area contributed by atoms with E-state index in [4.69, 9.17) is 0 Å². The Morgan fingerprint density at radius 1 is 1.47 bits per heavy atom. The molecule has 0 heterocycles. The summed E-state index contributed by atoms with van der Waals surface area (Å²) in [6.07, 6.45) is 1.94. The summed E-state index contributed by atoms with van der Waals surface area (Å²) in [4.78, 5) is 11.5. The van der Waals surface area contributed by atoms with Crippen LogP contribution in [0.3, 0.4) is 0 Å². The molecule has 1 aromatic rings. The van der Waals surface area contributed by atoms with E-state index in [1.165, 1.54) is 6.07 Å². The molecule has 0 spiro atoms. The van der Waals surface area contributed by atoms with E-state index in [1.807, 2.05) is 0 Å². The second kappa shape index (κ2) is 4.01. The number of hydrogen-bond acceptors (Lipinski definition) is 1. The molecule has 1 atom stereocenters. The van der Waals surface area contributed by atoms with Crippen LogP contribution in [-0.2, 0) is 4.79 Å². The molecular formula is C12H14FNO. The van der Waals surface area contributed by atoms with Crippen LogP contribution in [0.2, 0.25) is 0 Å². The fourth-order valence-electron chi connectivity index (χ4n) is 1.58. The van der Waals surface area contributed by atoms with Gasteiger partial charge in [0.15, 0.2) is 0 Å². The van der Waals surface area contributed by atoms with Gasteiger partial charge < -0.3 is 5.32 Å². The number of nitrogens with one attached hydrogen (secondary N) is 1. The Hall–Kier alpha value is -1.38. The zero-order chi connectivity index (χ0) is 10.8. The van der Waals surface area contributed by atoms with E-state index < -0.39 is 0 Å². The maximum atomic E-state index is 13.4. The summed E-state index contributed by atoms with van der Waals surface area (Å²) in [5.41, 5.74) is 0.548. The first kappa shape index (κ1) is 10.1. The van der Waals surface area contributed by atoms with Crippen LogP contribution in [-0.4, -0.2) is 5.91 Å². The molecule has 1 N–H and O–H groups in total. The van der Waals surface area contributed by atoms with Crippen molar-refractivity contribution in [2.45, 2.75) is 25.8 Å². The van der Waals surface area contributed by atoms with Crippen LogP contribution < -0.4 is 5.32 Å². The van der Waals surface area contributed by atoms with E-state index in [2.05, 4.69) is 5.32 Å². The average Bonchev–Trinajstić information content (AvgIpc) is 3.01. The second-order valence-electron chi connectivity index (χ2n) is 4.03. The highest BCUT2D eigenvalue weighted by molar-refractivity contribution is 5.81. The van der Waals surface area contributed by atoms with Crippen molar-refractivity contribution in [3.63, 3.8) is 0 Å². The lowest BCUT2D eigenvalue weighted by Gasteiger charge is -2.14. The maximum Gasteiger partial charge on any atom is 0.223 e. The highest BCUT2D eigenvalue weighted by Gasteiger charge is 2.30. The molecule has 1 amide bonds. The van der Waals surface area contributed by atoms with E-state index in [1.54, 1.807) is 25.1 Å². The smallest absolute Gasteiger partial charge is 0.223 e. The maximum absolute atomic E-state index is 13.4. The van der Waals surface area contributed by atoms with Gasteiger partial charge in [-0.1, -0.05) is 18.2 Å². The van der Waals surface area contributed by atoms with E-state index >= 15 is 0 Å². The summed E-state index contributed by atoms with van der Waals surface area (Å²) < 4.78 is 13.4. The fourth-order valence-corrected chi connectivity index (χ4v) is 1.58. The quantitative estimate of drug-likeness (QED) is 0.810. The van der Waals surface area contributed by atoms with Gasteiger partial charge in [-0.2, -0.15) is 0 Å². The predicted molar refractivity (Wildman–Crippen MR) is 55.7 cm³/mol. The zero-order valence-electron chi connectivity index (χ0n) is 8.66. The van der Waals surface area contributed by atoms with E-state index in [-0.39, 0.29) is 23.7 Å². The fraction of sp³-hybridized carbons (Fsp3) is 0.417. The van der Waals surface area contributed by atoms with Crippen molar-refractivity contribution in [1.29, 1.82) is 0 Å². The van der Waals surface area contributed by atoms with E-state index in [9.17, 15) is 9.18 Å². The number of carbonyl (C=O) groups excluding carboxylic acids is 1. The van der Waals surface area contributed by atoms with Gasteiger partial charge in [0.05, 0.1) is 6.04 Å². The number of halogens is 1. The lowest BCUT2D eigenvalue weighted by Crippen LogP contribution is -2.28. The van der Waals surface area contributed by atoms with Crippen LogP contribution >= 0.6 is 0 Å². The zero-order valence-corrected chi connectivity index (χ0v) is 8.66. The summed E-state index contributed by atoms with van der Waals surface area (Å²) in [6, 6.07) is 6.29. The molecule has 80 valence electrons. The van der Waals surface area contributed by atoms with Gasteiger partial charge in [-0.25, -0.2) is 4.39 Å². The Morgan fingerprint density at radius 3 is 2.73 bits per heavy atom. The lowest BCUT2D eigenvalue weighted by atomic mass is 10.1. The minimum atomic E-state index is -0.263. The summed E-state index contributed by atoms with van der Waals surface area (Å²) in [7, 11) is 0. The molecule has 1 aliphatic rings. The number of rotatable bonds is 3. The third kappa shape index (κ3) is 2.35. The first-order chi connectivity index (χ1) is 7.18. The molecule has 0 saturated heterocycles. The molecule has 1 saturated carbocycles. The van der Waals surface area contributed by atoms with Gasteiger partial charge in [-0.05, 0) is 25.8 Å². The van der Waals surface area contributed by atoms with Gasteiger partial charge in [-0.15, -0.1) is 0 Å². The van der Waals surface area contributed by atoms with Crippen LogP contribution in [0.25, 0.3) is 0 Å². The van der Waals surface area contributed by atoms with Crippen LogP contribution in [0.4, 0.5) is 4.39 Å². The van der Waals surface area contributed by atoms with Gasteiger partial charge in [0.1, 0.15) is 5.82 Å². The number of hydrogen-bond donors (Lipinski definition) is 1. The Bertz CT molecular complexity index is 374. The molecule has 0 unspecified atom stereocenters. The molecule has 0 aliphatic heterocycles. The lowest BCUT2D eigenvalue weighted by molar-refractivity contribution is -0.122. The van der Waals surface area contributed by atoms with Gasteiger partial charge in [-0.3, -0.25) is 4.79 Å². The van der Waals surface area contributed by atoms with Gasteiger partial charge in [0, 0.05) is 11.5 Å². The SMILES string of the molecule is C[C@@H](NC(=O)C1CC1)c1ccccc1F. The number of carbonyl (C=O) groups is 1. The van der Waals surface area contributed by atoms with Crippen LogP contribution in [0.5, 0.6) is 0 Å². The van der Waals surface area contributed by atoms with Crippen molar-refractivity contribution in [2.24, 2.45) is 5.92 Å². The van der Waals surface area contributed by atoms with Gasteiger partial charge in [0.2, 0.25) is 5.91 Å². The Labute approximate surface area is 88.5 Å². The topological polar surface area (TPSA) is 29.1 Å². The second-order valence-corrected chi connectivity index (χ2v) is 4.03. The largest absolute Gasteiger partial charge is 0.349 e. The number of benzene rings is 1. The molecule has 0 bridgehead atoms. The first-order valence-electron chi connectivity index (χ1n) is 5.23. The highest BCUT2D eigenvalue weighted by atomic mass is 19.1. The van der Waals surface area contributed by atoms with Crippen molar-refractivity contribution in [3.8, 4) is 0 Å². The van der Waals surface area contributed by atoms with Crippen molar-refractivity contribution in [2.75, 3.05) is 0 Å². The Kier molecular flexibility index (Phi) is 2.71. The van der Waals surface area contributed by atoms with Crippen molar-refractivity contribution in [1.82, 2.24) is 5.32 Å². The Balaban J connectivity index is 2.03. The normalized spacial score (nSPS) is 17.2. The summed E-state index contributed by atoms with van der Waals surface area (Å²) in [6.45, 7) is 1.80. The number of amides is 1. The molecule has 0 radical (unpaired) electrons. The molecular weight excluding hydrogens is 193 g/mol. The summed E-state index contributed by atoms with van der Waals surface area (Å²) in [5.74, 6) is -0.0499. The van der Waals surface area contributed by atoms with Gasteiger partial charge in [0.25, 0.3) is 0 Å². The molecule has 1 aromatic carbocycles. The van der Waals surface area contributed by atoms with Crippen molar-refractivity contribution >= 4 is 5.91 Å². The third-order valence-electron chi connectivity index (χ3n) is 2.68. The van der Waals surface area contributed by atoms with E-state index in [0.717, 1.165) is 12.8 Å². The van der Waals surface area contributed by atoms with Gasteiger partial charge >= 0.3 is 0 Å². The van der Waals surface area contributed by atoms with Crippen LogP contribution in [0.15, 0.2) is 24.3 Å². The Morgan fingerprint density at radius 2 is 2.13 bits per heavy atom. The molecule has 3 heteroatoms. The molecule has 15 heavy (non-hydrogen) atoms. The third-order valence-corrected chi connectivity index (χ3v) is 2.68. The first-order valence-corrected chi connectivity index (χ1v) is 5.23. The molecule has 0 aromatic heterocycles. The standard InChI is InChI=1S/C12H14FNO/c1-8(14-12(15)9-6-7-9)10-4-2-3-5-11(10)13/h2-5,8-9H,6-7H2,1H3,(H,14,15)/t8-/m1/s1. The molecule has 1 fully saturated rings. The predicted octanol–water partition coefficient (Wildman–Crippen LogP) is 2.41. The highest BCUT2D eigenvalue weighted by Crippen LogP contribution is 2.29. The minimum absolute atomic E-state index is 0.0470. The average molecular weight is 207 g/mol. The van der Waals surface area contributed by atoms with Crippen LogP contribution in [0.1, 0.15) is 31.4 Å². The monoisotopic (exact) mass is 207 g/mol. The van der Waals surface area contributed by atoms with Crippen molar-refractivity contribution < 1.29 is 9.18 Å². The molecule has 1 aliphatic carbocycles. The summed E-state index contributed by atoms with van der Waals surface area (Å²) in [5, 5.41) is 2.82. The minimum Gasteiger partial charge on any atom is -0.349 e. The van der Waals surface area contributed by atoms with Crippen molar-refractivity contribution in [3.05, 3.63) is 35.6 Å². The van der Waals surface area contributed by atoms with E-state index in [0.29, 0.717) is 5.56 Å². The molecule has 2 nitrogen and oxygen atoms in total.